The van der Waals surface area contributed by atoms with Crippen LogP contribution in [0, 0.1) is 0 Å². The van der Waals surface area contributed by atoms with Gasteiger partial charge >= 0.3 is 5.97 Å². The summed E-state index contributed by atoms with van der Waals surface area (Å²) in [6.45, 7) is 4.82. The minimum Gasteiger partial charge on any atom is -0.490 e. The summed E-state index contributed by atoms with van der Waals surface area (Å²) in [6, 6.07) is 3.65. The van der Waals surface area contributed by atoms with Crippen molar-refractivity contribution in [3.8, 4) is 22.1 Å². The number of nitrogens with zero attached hydrogens (tertiary/aromatic N) is 1. The number of thiazole rings is 1. The molecular weight excluding hydrogens is 358 g/mol. The average molecular weight is 372 g/mol. The van der Waals surface area contributed by atoms with Gasteiger partial charge in [-0.2, -0.15) is 0 Å². The second kappa shape index (κ2) is 6.91. The molecule has 7 heteroatoms. The van der Waals surface area contributed by atoms with Crippen LogP contribution >= 0.6 is 27.3 Å². The lowest BCUT2D eigenvalue weighted by Crippen LogP contribution is -2.00. The fraction of sp³-hybridized carbons (Fsp3) is 0.286. The highest BCUT2D eigenvalue weighted by Gasteiger charge is 2.16. The molecule has 1 N–H and O–H groups in total. The van der Waals surface area contributed by atoms with Crippen molar-refractivity contribution < 1.29 is 19.4 Å². The van der Waals surface area contributed by atoms with E-state index in [-0.39, 0.29) is 5.69 Å². The van der Waals surface area contributed by atoms with Crippen molar-refractivity contribution in [2.45, 2.75) is 13.8 Å². The number of ether oxygens (including phenoxy) is 2. The van der Waals surface area contributed by atoms with E-state index < -0.39 is 5.97 Å². The van der Waals surface area contributed by atoms with Gasteiger partial charge in [-0.05, 0) is 41.9 Å². The lowest BCUT2D eigenvalue weighted by molar-refractivity contribution is 0.0691. The second-order valence-electron chi connectivity index (χ2n) is 3.99. The lowest BCUT2D eigenvalue weighted by Gasteiger charge is -2.13. The van der Waals surface area contributed by atoms with Gasteiger partial charge in [0.25, 0.3) is 0 Å². The first-order chi connectivity index (χ1) is 10.1. The van der Waals surface area contributed by atoms with Crippen molar-refractivity contribution in [3.63, 3.8) is 0 Å². The molecule has 0 fully saturated rings. The molecule has 0 aliphatic rings. The predicted octanol–water partition coefficient (Wildman–Crippen LogP) is 4.07. The molecule has 1 aromatic heterocycles. The van der Waals surface area contributed by atoms with Crippen LogP contribution in [0.1, 0.15) is 24.3 Å². The number of aromatic nitrogens is 1. The van der Waals surface area contributed by atoms with Crippen LogP contribution in [0.3, 0.4) is 0 Å². The standard InChI is InChI=1S/C14H14BrNO4S/c1-3-19-11-6-8(5-9(15)12(11)20-4-2)13-16-10(7-21-13)14(17)18/h5-7H,3-4H2,1-2H3,(H,17,18). The molecule has 0 saturated heterocycles. The maximum Gasteiger partial charge on any atom is 0.355 e. The molecule has 0 unspecified atom stereocenters. The number of halogens is 1. The molecule has 21 heavy (non-hydrogen) atoms. The molecule has 0 atom stereocenters. The summed E-state index contributed by atoms with van der Waals surface area (Å²) in [5.41, 5.74) is 0.823. The molecule has 1 heterocycles. The molecule has 0 aliphatic heterocycles. The second-order valence-corrected chi connectivity index (χ2v) is 5.71. The number of carbonyl (C=O) groups is 1. The molecule has 2 rings (SSSR count). The molecule has 2 aromatic rings. The van der Waals surface area contributed by atoms with E-state index in [2.05, 4.69) is 20.9 Å². The highest BCUT2D eigenvalue weighted by molar-refractivity contribution is 9.10. The molecule has 0 spiro atoms. The summed E-state index contributed by atoms with van der Waals surface area (Å²) in [5.74, 6) is 0.210. The maximum atomic E-state index is 10.9. The van der Waals surface area contributed by atoms with Crippen molar-refractivity contribution in [3.05, 3.63) is 27.7 Å². The van der Waals surface area contributed by atoms with Crippen LogP contribution in [0.4, 0.5) is 0 Å². The highest BCUT2D eigenvalue weighted by Crippen LogP contribution is 2.40. The Morgan fingerprint density at radius 1 is 1.33 bits per heavy atom. The molecule has 1 aromatic carbocycles. The Hall–Kier alpha value is -1.60. The van der Waals surface area contributed by atoms with Crippen LogP contribution in [-0.4, -0.2) is 29.3 Å². The van der Waals surface area contributed by atoms with Gasteiger partial charge in [-0.15, -0.1) is 11.3 Å². The minimum atomic E-state index is -1.03. The third-order valence-electron chi connectivity index (χ3n) is 2.57. The molecule has 0 amide bonds. The molecule has 112 valence electrons. The molecule has 0 aliphatic carbocycles. The number of carboxylic acids is 1. The Kier molecular flexibility index (Phi) is 5.19. The molecule has 0 radical (unpaired) electrons. The van der Waals surface area contributed by atoms with Gasteiger partial charge in [0.1, 0.15) is 5.01 Å². The van der Waals surface area contributed by atoms with Gasteiger partial charge in [0.05, 0.1) is 17.7 Å². The molecule has 0 bridgehead atoms. The fourth-order valence-electron chi connectivity index (χ4n) is 1.74. The van der Waals surface area contributed by atoms with Crippen LogP contribution in [-0.2, 0) is 0 Å². The van der Waals surface area contributed by atoms with Gasteiger partial charge in [-0.25, -0.2) is 9.78 Å². The van der Waals surface area contributed by atoms with Crippen molar-refractivity contribution in [1.82, 2.24) is 4.98 Å². The van der Waals surface area contributed by atoms with Gasteiger partial charge in [-0.3, -0.25) is 0 Å². The first-order valence-corrected chi connectivity index (χ1v) is 8.02. The van der Waals surface area contributed by atoms with Crippen molar-refractivity contribution >= 4 is 33.2 Å². The molecule has 0 saturated carbocycles. The quantitative estimate of drug-likeness (QED) is 0.828. The molecular formula is C14H14BrNO4S. The topological polar surface area (TPSA) is 68.7 Å². The minimum absolute atomic E-state index is 0.0398. The third-order valence-corrected chi connectivity index (χ3v) is 4.05. The Balaban J connectivity index is 2.46. The van der Waals surface area contributed by atoms with E-state index in [0.717, 1.165) is 10.0 Å². The monoisotopic (exact) mass is 371 g/mol. The van der Waals surface area contributed by atoms with Gasteiger partial charge in [-0.1, -0.05) is 0 Å². The zero-order chi connectivity index (χ0) is 15.4. The van der Waals surface area contributed by atoms with Crippen LogP contribution in [0.2, 0.25) is 0 Å². The van der Waals surface area contributed by atoms with Crippen LogP contribution in [0.5, 0.6) is 11.5 Å². The first-order valence-electron chi connectivity index (χ1n) is 6.35. The maximum absolute atomic E-state index is 10.9. The zero-order valence-electron chi connectivity index (χ0n) is 11.6. The van der Waals surface area contributed by atoms with Crippen LogP contribution in [0.15, 0.2) is 22.0 Å². The van der Waals surface area contributed by atoms with Gasteiger partial charge in [0.15, 0.2) is 17.2 Å². The van der Waals surface area contributed by atoms with E-state index in [1.165, 1.54) is 16.7 Å². The zero-order valence-corrected chi connectivity index (χ0v) is 14.0. The Morgan fingerprint density at radius 3 is 2.62 bits per heavy atom. The number of aromatic carboxylic acids is 1. The summed E-state index contributed by atoms with van der Waals surface area (Å²) in [5, 5.41) is 11.1. The largest absolute Gasteiger partial charge is 0.490 e. The SMILES string of the molecule is CCOc1cc(-c2nc(C(=O)O)cs2)cc(Br)c1OCC. The predicted molar refractivity (Wildman–Crippen MR) is 84.5 cm³/mol. The summed E-state index contributed by atoms with van der Waals surface area (Å²) < 4.78 is 11.9. The third kappa shape index (κ3) is 3.54. The summed E-state index contributed by atoms with van der Waals surface area (Å²) >= 11 is 4.73. The smallest absolute Gasteiger partial charge is 0.355 e. The summed E-state index contributed by atoms with van der Waals surface area (Å²) in [4.78, 5) is 15.0. The van der Waals surface area contributed by atoms with Gasteiger partial charge in [0.2, 0.25) is 0 Å². The van der Waals surface area contributed by atoms with E-state index in [1.807, 2.05) is 26.0 Å². The normalized spacial score (nSPS) is 10.4. The van der Waals surface area contributed by atoms with E-state index >= 15 is 0 Å². The van der Waals surface area contributed by atoms with Crippen molar-refractivity contribution in [1.29, 1.82) is 0 Å². The van der Waals surface area contributed by atoms with E-state index in [9.17, 15) is 4.79 Å². The van der Waals surface area contributed by atoms with Crippen LogP contribution in [0.25, 0.3) is 10.6 Å². The van der Waals surface area contributed by atoms with Crippen LogP contribution < -0.4 is 9.47 Å². The number of hydrogen-bond acceptors (Lipinski definition) is 5. The lowest BCUT2D eigenvalue weighted by atomic mass is 10.2. The highest BCUT2D eigenvalue weighted by atomic mass is 79.9. The van der Waals surface area contributed by atoms with E-state index in [0.29, 0.717) is 29.7 Å². The molecule has 5 nitrogen and oxygen atoms in total. The average Bonchev–Trinajstić information content (AvgIpc) is 2.92. The Morgan fingerprint density at radius 2 is 2.05 bits per heavy atom. The first kappa shape index (κ1) is 15.8. The number of benzene rings is 1. The number of carboxylic acid groups (broad SMARTS) is 1. The summed E-state index contributed by atoms with van der Waals surface area (Å²) in [7, 11) is 0. The van der Waals surface area contributed by atoms with Crippen molar-refractivity contribution in [2.75, 3.05) is 13.2 Å². The summed E-state index contributed by atoms with van der Waals surface area (Å²) in [6.07, 6.45) is 0. The van der Waals surface area contributed by atoms with E-state index in [4.69, 9.17) is 14.6 Å². The van der Waals surface area contributed by atoms with Crippen molar-refractivity contribution in [2.24, 2.45) is 0 Å². The van der Waals surface area contributed by atoms with Gasteiger partial charge < -0.3 is 14.6 Å². The Labute approximate surface area is 134 Å². The number of rotatable bonds is 6. The van der Waals surface area contributed by atoms with E-state index in [1.54, 1.807) is 0 Å². The Bertz CT molecular complexity index is 656. The van der Waals surface area contributed by atoms with Gasteiger partial charge in [0, 0.05) is 10.9 Å². The number of hydrogen-bond donors (Lipinski definition) is 1. The fourth-order valence-corrected chi connectivity index (χ4v) is 3.08.